The van der Waals surface area contributed by atoms with Crippen molar-refractivity contribution >= 4 is 35.6 Å². The van der Waals surface area contributed by atoms with Gasteiger partial charge < -0.3 is 15.2 Å². The highest BCUT2D eigenvalue weighted by molar-refractivity contribution is 7.98. The molecular weight excluding hydrogens is 430 g/mol. The maximum absolute atomic E-state index is 12.4. The van der Waals surface area contributed by atoms with Gasteiger partial charge in [-0.25, -0.2) is 4.79 Å². The molecule has 2 aromatic carbocycles. The Morgan fingerprint density at radius 3 is 1.84 bits per heavy atom. The fraction of sp³-hybridized carbons (Fsp3) is 0.417. The summed E-state index contributed by atoms with van der Waals surface area (Å²) in [7, 11) is 0. The average Bonchev–Trinajstić information content (AvgIpc) is 2.70. The fourth-order valence-electron chi connectivity index (χ4n) is 2.83. The highest BCUT2D eigenvalue weighted by Crippen LogP contribution is 2.22. The van der Waals surface area contributed by atoms with E-state index in [1.165, 1.54) is 0 Å². The molecule has 2 N–H and O–H groups in total. The summed E-state index contributed by atoms with van der Waals surface area (Å²) >= 11 is 3.17. The summed E-state index contributed by atoms with van der Waals surface area (Å²) in [5.74, 6) is 0.720. The molecule has 0 aromatic heterocycles. The van der Waals surface area contributed by atoms with E-state index in [4.69, 9.17) is 4.74 Å². The molecule has 2 aromatic rings. The fourth-order valence-corrected chi connectivity index (χ4v) is 5.12. The van der Waals surface area contributed by atoms with Crippen molar-refractivity contribution < 1.29 is 19.4 Å². The van der Waals surface area contributed by atoms with E-state index in [0.717, 1.165) is 22.6 Å². The molecule has 0 spiro atoms. The number of carboxylic acids is 1. The van der Waals surface area contributed by atoms with E-state index in [9.17, 15) is 14.7 Å². The Labute approximate surface area is 193 Å². The summed E-state index contributed by atoms with van der Waals surface area (Å²) in [5.41, 5.74) is 1.66. The summed E-state index contributed by atoms with van der Waals surface area (Å²) < 4.78 is 5.38. The molecule has 168 valence electrons. The number of carboxylic acid groups (broad SMARTS) is 1. The number of alkyl carbamates (subject to hydrolysis) is 1. The van der Waals surface area contributed by atoms with Crippen LogP contribution in [0.3, 0.4) is 0 Å². The van der Waals surface area contributed by atoms with Gasteiger partial charge in [-0.05, 0) is 31.9 Å². The lowest BCUT2D eigenvalue weighted by Crippen LogP contribution is -2.47. The monoisotopic (exact) mass is 461 g/mol. The van der Waals surface area contributed by atoms with Gasteiger partial charge >= 0.3 is 12.1 Å². The minimum absolute atomic E-state index is 0.399. The number of thioether (sulfide) groups is 2. The van der Waals surface area contributed by atoms with Gasteiger partial charge in [-0.1, -0.05) is 60.7 Å². The van der Waals surface area contributed by atoms with E-state index in [2.05, 4.69) is 5.32 Å². The Morgan fingerprint density at radius 2 is 1.39 bits per heavy atom. The molecule has 0 aliphatic rings. The van der Waals surface area contributed by atoms with Gasteiger partial charge in [0.05, 0.1) is 12.0 Å². The van der Waals surface area contributed by atoms with Crippen molar-refractivity contribution in [3.05, 3.63) is 71.8 Å². The smallest absolute Gasteiger partial charge is 0.407 e. The summed E-state index contributed by atoms with van der Waals surface area (Å²) in [6.45, 7) is 5.36. The first kappa shape index (κ1) is 25.1. The van der Waals surface area contributed by atoms with Gasteiger partial charge in [-0.2, -0.15) is 23.5 Å². The molecule has 0 radical (unpaired) electrons. The molecule has 0 aliphatic carbocycles. The molecule has 0 aliphatic heterocycles. The third kappa shape index (κ3) is 10.2. The molecule has 0 heterocycles. The molecule has 31 heavy (non-hydrogen) atoms. The van der Waals surface area contributed by atoms with Crippen LogP contribution in [-0.2, 0) is 21.0 Å². The van der Waals surface area contributed by atoms with E-state index < -0.39 is 29.6 Å². The molecule has 1 amide bonds. The molecule has 7 heteroatoms. The van der Waals surface area contributed by atoms with E-state index in [1.54, 1.807) is 44.3 Å². The van der Waals surface area contributed by atoms with Crippen molar-refractivity contribution in [2.24, 2.45) is 5.92 Å². The number of rotatable bonds is 11. The quantitative estimate of drug-likeness (QED) is 0.464. The van der Waals surface area contributed by atoms with E-state index in [1.807, 2.05) is 60.7 Å². The molecule has 2 rings (SSSR count). The lowest BCUT2D eigenvalue weighted by atomic mass is 10.0. The first-order valence-electron chi connectivity index (χ1n) is 10.2. The zero-order chi connectivity index (χ0) is 22.7. The van der Waals surface area contributed by atoms with Gasteiger partial charge in [-0.3, -0.25) is 4.79 Å². The lowest BCUT2D eigenvalue weighted by molar-refractivity contribution is -0.141. The molecule has 0 saturated heterocycles. The number of carbonyl (C=O) groups is 2. The Kier molecular flexibility index (Phi) is 10.3. The van der Waals surface area contributed by atoms with Crippen LogP contribution in [0.2, 0.25) is 0 Å². The lowest BCUT2D eigenvalue weighted by Gasteiger charge is -2.27. The Hall–Kier alpha value is -2.12. The summed E-state index contributed by atoms with van der Waals surface area (Å²) in [6, 6.07) is 19.4. The van der Waals surface area contributed by atoms with Gasteiger partial charge in [0, 0.05) is 23.0 Å². The van der Waals surface area contributed by atoms with Gasteiger partial charge in [-0.15, -0.1) is 0 Å². The minimum Gasteiger partial charge on any atom is -0.481 e. The number of benzene rings is 2. The van der Waals surface area contributed by atoms with Crippen molar-refractivity contribution in [3.8, 4) is 0 Å². The Morgan fingerprint density at radius 1 is 0.903 bits per heavy atom. The van der Waals surface area contributed by atoms with Crippen molar-refractivity contribution in [3.63, 3.8) is 0 Å². The van der Waals surface area contributed by atoms with E-state index in [0.29, 0.717) is 11.5 Å². The average molecular weight is 462 g/mol. The number of amides is 1. The summed E-state index contributed by atoms with van der Waals surface area (Å²) in [4.78, 5) is 24.5. The van der Waals surface area contributed by atoms with Gasteiger partial charge in [0.1, 0.15) is 5.60 Å². The Bertz CT molecular complexity index is 809. The maximum atomic E-state index is 12.4. The highest BCUT2D eigenvalue weighted by Gasteiger charge is 2.31. The number of nitrogens with one attached hydrogen (secondary N) is 1. The van der Waals surface area contributed by atoms with Crippen molar-refractivity contribution in [2.75, 3.05) is 11.5 Å². The van der Waals surface area contributed by atoms with Gasteiger partial charge in [0.2, 0.25) is 0 Å². The topological polar surface area (TPSA) is 75.6 Å². The number of ether oxygens (including phenoxy) is 1. The van der Waals surface area contributed by atoms with Crippen molar-refractivity contribution in [1.29, 1.82) is 0 Å². The van der Waals surface area contributed by atoms with Crippen LogP contribution in [0.1, 0.15) is 31.9 Å². The SMILES string of the molecule is CC(C)(C)OC(=O)N[C@@H](CSCc1ccccc1)[C@H](CSCc1ccccc1)C(=O)O. The molecule has 0 unspecified atom stereocenters. The van der Waals surface area contributed by atoms with Crippen LogP contribution >= 0.6 is 23.5 Å². The number of carbonyl (C=O) groups excluding carboxylic acids is 1. The number of aliphatic carboxylic acids is 1. The number of hydrogen-bond donors (Lipinski definition) is 2. The largest absolute Gasteiger partial charge is 0.481 e. The third-order valence-electron chi connectivity index (χ3n) is 4.32. The van der Waals surface area contributed by atoms with Gasteiger partial charge in [0.25, 0.3) is 0 Å². The molecular formula is C24H31NO4S2. The van der Waals surface area contributed by atoms with Crippen LogP contribution in [0.25, 0.3) is 0 Å². The highest BCUT2D eigenvalue weighted by atomic mass is 32.2. The normalized spacial score (nSPS) is 13.3. The van der Waals surface area contributed by atoms with Crippen LogP contribution in [0, 0.1) is 5.92 Å². The zero-order valence-corrected chi connectivity index (χ0v) is 19.9. The first-order valence-corrected chi connectivity index (χ1v) is 12.5. The molecule has 2 atom stereocenters. The zero-order valence-electron chi connectivity index (χ0n) is 18.2. The maximum Gasteiger partial charge on any atom is 0.407 e. The molecule has 5 nitrogen and oxygen atoms in total. The van der Waals surface area contributed by atoms with E-state index >= 15 is 0 Å². The second-order valence-electron chi connectivity index (χ2n) is 8.20. The van der Waals surface area contributed by atoms with Crippen molar-refractivity contribution in [2.45, 2.75) is 43.9 Å². The predicted octanol–water partition coefficient (Wildman–Crippen LogP) is 5.45. The Balaban J connectivity index is 2.01. The van der Waals surface area contributed by atoms with Crippen LogP contribution in [0.15, 0.2) is 60.7 Å². The standard InChI is InChI=1S/C24H31NO4S2/c1-24(2,3)29-23(28)25-21(17-31-15-19-12-8-5-9-13-19)20(22(26)27)16-30-14-18-10-6-4-7-11-18/h4-13,20-21H,14-17H2,1-3H3,(H,25,28)(H,26,27)/t20-,21-/m0/s1. The second-order valence-corrected chi connectivity index (χ2v) is 10.3. The summed E-state index contributed by atoms with van der Waals surface area (Å²) in [5, 5.41) is 12.7. The second kappa shape index (κ2) is 12.7. The molecule has 0 bridgehead atoms. The molecule has 0 saturated carbocycles. The van der Waals surface area contributed by atoms with Crippen LogP contribution < -0.4 is 5.32 Å². The van der Waals surface area contributed by atoms with Crippen molar-refractivity contribution in [1.82, 2.24) is 5.32 Å². The molecule has 0 fully saturated rings. The number of hydrogen-bond acceptors (Lipinski definition) is 5. The van der Waals surface area contributed by atoms with Crippen LogP contribution in [-0.4, -0.2) is 40.3 Å². The predicted molar refractivity (Wildman–Crippen MR) is 129 cm³/mol. The third-order valence-corrected chi connectivity index (χ3v) is 6.59. The van der Waals surface area contributed by atoms with Crippen LogP contribution in [0.4, 0.5) is 4.79 Å². The van der Waals surface area contributed by atoms with Crippen LogP contribution in [0.5, 0.6) is 0 Å². The van der Waals surface area contributed by atoms with E-state index in [-0.39, 0.29) is 0 Å². The first-order chi connectivity index (χ1) is 14.7. The minimum atomic E-state index is -0.915. The summed E-state index contributed by atoms with van der Waals surface area (Å²) in [6.07, 6.45) is -0.586. The van der Waals surface area contributed by atoms with Gasteiger partial charge in [0.15, 0.2) is 0 Å².